The van der Waals surface area contributed by atoms with Gasteiger partial charge in [0.25, 0.3) is 0 Å². The van der Waals surface area contributed by atoms with Crippen molar-refractivity contribution in [3.8, 4) is 11.5 Å². The number of rotatable bonds is 5. The first-order chi connectivity index (χ1) is 8.16. The highest BCUT2D eigenvalue weighted by molar-refractivity contribution is 5.70. The lowest BCUT2D eigenvalue weighted by atomic mass is 9.76. The number of ether oxygens (including phenoxy) is 1. The van der Waals surface area contributed by atoms with Gasteiger partial charge in [-0.05, 0) is 43.0 Å². The van der Waals surface area contributed by atoms with Gasteiger partial charge >= 0.3 is 5.97 Å². The topological polar surface area (TPSA) is 66.8 Å². The van der Waals surface area contributed by atoms with Crippen molar-refractivity contribution >= 4 is 5.97 Å². The summed E-state index contributed by atoms with van der Waals surface area (Å²) >= 11 is 0. The molecule has 0 bridgehead atoms. The van der Waals surface area contributed by atoms with Crippen LogP contribution in [0.25, 0.3) is 0 Å². The number of phenols is 1. The van der Waals surface area contributed by atoms with Gasteiger partial charge in [0.1, 0.15) is 18.1 Å². The second-order valence-corrected chi connectivity index (χ2v) is 4.44. The summed E-state index contributed by atoms with van der Waals surface area (Å²) < 4.78 is 5.45. The number of benzene rings is 1. The first kappa shape index (κ1) is 11.8. The molecule has 17 heavy (non-hydrogen) atoms. The Morgan fingerprint density at radius 3 is 2.47 bits per heavy atom. The fourth-order valence-corrected chi connectivity index (χ4v) is 1.98. The molecule has 0 heterocycles. The lowest BCUT2D eigenvalue weighted by Crippen LogP contribution is -2.33. The molecule has 1 aliphatic rings. The molecule has 1 aliphatic carbocycles. The third-order valence-electron chi connectivity index (χ3n) is 3.30. The third kappa shape index (κ3) is 2.90. The first-order valence-corrected chi connectivity index (χ1v) is 5.81. The van der Waals surface area contributed by atoms with Gasteiger partial charge in [-0.2, -0.15) is 0 Å². The highest BCUT2D eigenvalue weighted by Crippen LogP contribution is 2.34. The van der Waals surface area contributed by atoms with E-state index in [1.54, 1.807) is 12.1 Å². The number of carbonyl (C=O) groups is 1. The number of carboxylic acids is 1. The van der Waals surface area contributed by atoms with Gasteiger partial charge in [-0.3, -0.25) is 4.79 Å². The van der Waals surface area contributed by atoms with E-state index in [1.807, 2.05) is 0 Å². The van der Waals surface area contributed by atoms with E-state index >= 15 is 0 Å². The zero-order chi connectivity index (χ0) is 12.3. The van der Waals surface area contributed by atoms with Crippen molar-refractivity contribution < 1.29 is 19.7 Å². The van der Waals surface area contributed by atoms with Crippen LogP contribution in [-0.2, 0) is 4.79 Å². The molecule has 1 saturated carbocycles. The molecule has 1 atom stereocenters. The van der Waals surface area contributed by atoms with Crippen LogP contribution in [0.4, 0.5) is 0 Å². The van der Waals surface area contributed by atoms with Gasteiger partial charge in [0, 0.05) is 0 Å². The van der Waals surface area contributed by atoms with Gasteiger partial charge in [0.05, 0.1) is 5.92 Å². The zero-order valence-electron chi connectivity index (χ0n) is 9.50. The number of hydrogen-bond acceptors (Lipinski definition) is 3. The molecule has 0 spiro atoms. The third-order valence-corrected chi connectivity index (χ3v) is 3.30. The summed E-state index contributed by atoms with van der Waals surface area (Å²) in [6.07, 6.45) is 3.08. The molecule has 92 valence electrons. The summed E-state index contributed by atoms with van der Waals surface area (Å²) in [5, 5.41) is 18.2. The predicted octanol–water partition coefficient (Wildman–Crippen LogP) is 2.27. The number of phenolic OH excluding ortho intramolecular Hbond substituents is 1. The summed E-state index contributed by atoms with van der Waals surface area (Å²) in [5.41, 5.74) is 0. The molecule has 0 aromatic heterocycles. The first-order valence-electron chi connectivity index (χ1n) is 5.81. The van der Waals surface area contributed by atoms with E-state index in [2.05, 4.69) is 0 Å². The predicted molar refractivity (Wildman–Crippen MR) is 62.1 cm³/mol. The fourth-order valence-electron chi connectivity index (χ4n) is 1.98. The minimum Gasteiger partial charge on any atom is -0.508 e. The largest absolute Gasteiger partial charge is 0.508 e. The van der Waals surface area contributed by atoms with Crippen molar-refractivity contribution in [2.75, 3.05) is 6.61 Å². The van der Waals surface area contributed by atoms with Crippen molar-refractivity contribution in [1.82, 2.24) is 0 Å². The Labute approximate surface area is 99.8 Å². The lowest BCUT2D eigenvalue weighted by molar-refractivity contribution is -0.146. The summed E-state index contributed by atoms with van der Waals surface area (Å²) in [4.78, 5) is 11.1. The molecule has 1 aromatic rings. The second-order valence-electron chi connectivity index (χ2n) is 4.44. The molecular weight excluding hydrogens is 220 g/mol. The highest BCUT2D eigenvalue weighted by atomic mass is 16.5. The Bertz CT molecular complexity index is 381. The smallest absolute Gasteiger partial charge is 0.310 e. The van der Waals surface area contributed by atoms with Gasteiger partial charge in [0.2, 0.25) is 0 Å². The van der Waals surface area contributed by atoms with Crippen LogP contribution in [0.5, 0.6) is 11.5 Å². The van der Waals surface area contributed by atoms with Gasteiger partial charge in [-0.25, -0.2) is 0 Å². The Hall–Kier alpha value is -1.71. The maximum absolute atomic E-state index is 11.1. The van der Waals surface area contributed by atoms with E-state index in [9.17, 15) is 4.79 Å². The molecule has 1 unspecified atom stereocenters. The van der Waals surface area contributed by atoms with Crippen LogP contribution in [-0.4, -0.2) is 22.8 Å². The maximum atomic E-state index is 11.1. The quantitative estimate of drug-likeness (QED) is 0.823. The highest BCUT2D eigenvalue weighted by Gasteiger charge is 2.33. The molecule has 0 aliphatic heterocycles. The summed E-state index contributed by atoms with van der Waals surface area (Å²) in [6.45, 7) is 0.199. The molecule has 4 nitrogen and oxygen atoms in total. The number of hydrogen-bond donors (Lipinski definition) is 2. The summed E-state index contributed by atoms with van der Waals surface area (Å²) in [7, 11) is 0. The molecule has 0 radical (unpaired) electrons. The Morgan fingerprint density at radius 1 is 1.35 bits per heavy atom. The van der Waals surface area contributed by atoms with E-state index in [1.165, 1.54) is 12.1 Å². The Balaban J connectivity index is 1.90. The van der Waals surface area contributed by atoms with Gasteiger partial charge in [-0.15, -0.1) is 0 Å². The fraction of sp³-hybridized carbons (Fsp3) is 0.462. The minimum absolute atomic E-state index is 0.172. The average Bonchev–Trinajstić information content (AvgIpc) is 2.23. The number of aliphatic carboxylic acids is 1. The molecule has 0 saturated heterocycles. The van der Waals surface area contributed by atoms with Crippen LogP contribution in [0, 0.1) is 11.8 Å². The normalized spacial score (nSPS) is 17.2. The van der Waals surface area contributed by atoms with Crippen molar-refractivity contribution in [2.24, 2.45) is 11.8 Å². The zero-order valence-corrected chi connectivity index (χ0v) is 9.50. The maximum Gasteiger partial charge on any atom is 0.310 e. The molecule has 4 heteroatoms. The lowest BCUT2D eigenvalue weighted by Gasteiger charge is -2.30. The standard InChI is InChI=1S/C13H16O4/c14-10-4-6-11(7-5-10)17-8-12(13(15)16)9-2-1-3-9/h4-7,9,12,14H,1-3,8H2,(H,15,16). The van der Waals surface area contributed by atoms with Crippen LogP contribution in [0.2, 0.25) is 0 Å². The van der Waals surface area contributed by atoms with Crippen LogP contribution >= 0.6 is 0 Å². The monoisotopic (exact) mass is 236 g/mol. The van der Waals surface area contributed by atoms with Crippen LogP contribution < -0.4 is 4.74 Å². The summed E-state index contributed by atoms with van der Waals surface area (Å²) in [5.74, 6) is -0.185. The molecule has 2 rings (SSSR count). The van der Waals surface area contributed by atoms with E-state index in [4.69, 9.17) is 14.9 Å². The SMILES string of the molecule is O=C(O)C(COc1ccc(O)cc1)C1CCC1. The van der Waals surface area contributed by atoms with Crippen LogP contribution in [0.1, 0.15) is 19.3 Å². The molecule has 1 aromatic carbocycles. The second kappa shape index (κ2) is 5.08. The molecule has 2 N–H and O–H groups in total. The van der Waals surface area contributed by atoms with E-state index < -0.39 is 11.9 Å². The molecule has 1 fully saturated rings. The average molecular weight is 236 g/mol. The summed E-state index contributed by atoms with van der Waals surface area (Å²) in [6, 6.07) is 6.31. The van der Waals surface area contributed by atoms with Crippen molar-refractivity contribution in [2.45, 2.75) is 19.3 Å². The van der Waals surface area contributed by atoms with E-state index in [-0.39, 0.29) is 18.3 Å². The number of carboxylic acid groups (broad SMARTS) is 1. The van der Waals surface area contributed by atoms with Crippen molar-refractivity contribution in [3.05, 3.63) is 24.3 Å². The van der Waals surface area contributed by atoms with Crippen LogP contribution in [0.15, 0.2) is 24.3 Å². The van der Waals surface area contributed by atoms with Gasteiger partial charge in [0.15, 0.2) is 0 Å². The van der Waals surface area contributed by atoms with Gasteiger partial charge in [-0.1, -0.05) is 6.42 Å². The van der Waals surface area contributed by atoms with Crippen molar-refractivity contribution in [3.63, 3.8) is 0 Å². The minimum atomic E-state index is -0.784. The van der Waals surface area contributed by atoms with Crippen molar-refractivity contribution in [1.29, 1.82) is 0 Å². The van der Waals surface area contributed by atoms with E-state index in [0.717, 1.165) is 19.3 Å². The van der Waals surface area contributed by atoms with Gasteiger partial charge < -0.3 is 14.9 Å². The van der Waals surface area contributed by atoms with E-state index in [0.29, 0.717) is 5.75 Å². The molecular formula is C13H16O4. The Kier molecular flexibility index (Phi) is 3.52. The Morgan fingerprint density at radius 2 is 2.00 bits per heavy atom. The van der Waals surface area contributed by atoms with Crippen LogP contribution in [0.3, 0.4) is 0 Å². The number of aromatic hydroxyl groups is 1. The molecule has 0 amide bonds.